The van der Waals surface area contributed by atoms with E-state index in [1.54, 1.807) is 35.9 Å². The summed E-state index contributed by atoms with van der Waals surface area (Å²) in [6, 6.07) is 6.49. The fourth-order valence-electron chi connectivity index (χ4n) is 8.08. The van der Waals surface area contributed by atoms with Crippen LogP contribution in [0.3, 0.4) is 0 Å². The van der Waals surface area contributed by atoms with Crippen LogP contribution in [-0.4, -0.2) is 180 Å². The average Bonchev–Trinajstić information content (AvgIpc) is 3.74. The molecule has 5 N–H and O–H groups in total. The molecule has 62 heavy (non-hydrogen) atoms. The second-order valence-electron chi connectivity index (χ2n) is 16.3. The molecule has 18 nitrogen and oxygen atoms in total. The highest BCUT2D eigenvalue weighted by atomic mass is 16.6. The number of amides is 4. The first kappa shape index (κ1) is 54.4. The summed E-state index contributed by atoms with van der Waals surface area (Å²) >= 11 is 0. The summed E-state index contributed by atoms with van der Waals surface area (Å²) in [5.74, 6) is 1.63. The largest absolute Gasteiger partial charge is 0.480 e. The third kappa shape index (κ3) is 17.8. The standard InChI is InChI=1S/C44H76N6O12/c1-10-31(4)40(49(7)38(52)29-46-43(54)39(30(2)3)48(6)19-20-59-21-22-60-23-24-61-25-26-62-45)36(57-8)28-37(51)50-18-14-17-35(50)41(58-9)32(5)42(53)47-34(44(55)56)27-33-15-12-11-13-16-33/h11-13,15-16,30-32,34-36,39-41H,10,14,17-29,45H2,1-9H3,(H,46,54)(H,47,53)(H,55,56)/t31-,32+,34-,35-,36+,39?,40?,41+/m0/s1. The van der Waals surface area contributed by atoms with Crippen LogP contribution >= 0.6 is 0 Å². The summed E-state index contributed by atoms with van der Waals surface area (Å²) in [6.45, 7) is 13.0. The van der Waals surface area contributed by atoms with Crippen LogP contribution < -0.4 is 16.5 Å². The molecule has 2 unspecified atom stereocenters. The van der Waals surface area contributed by atoms with Gasteiger partial charge in [-0.05, 0) is 37.3 Å². The predicted molar refractivity (Wildman–Crippen MR) is 233 cm³/mol. The van der Waals surface area contributed by atoms with E-state index < -0.39 is 54.2 Å². The van der Waals surface area contributed by atoms with Crippen molar-refractivity contribution in [3.05, 3.63) is 35.9 Å². The number of ether oxygens (including phenoxy) is 5. The van der Waals surface area contributed by atoms with Crippen LogP contribution in [0.5, 0.6) is 0 Å². The SMILES string of the molecule is CC[C@H](C)C([C@@H](CC(=O)N1CCC[C@H]1[C@H](OC)[C@@H](C)C(=O)N[C@@H](Cc1ccccc1)C(=O)O)OC)N(C)C(=O)CNC(=O)C(C(C)C)N(C)CCOCCOCCOCCON. The van der Waals surface area contributed by atoms with Crippen molar-refractivity contribution in [2.75, 3.05) is 94.2 Å². The van der Waals surface area contributed by atoms with E-state index in [1.165, 1.54) is 14.2 Å². The fraction of sp³-hybridized carbons (Fsp3) is 0.750. The monoisotopic (exact) mass is 881 g/mol. The third-order valence-corrected chi connectivity index (χ3v) is 11.7. The van der Waals surface area contributed by atoms with Gasteiger partial charge in [0.15, 0.2) is 0 Å². The van der Waals surface area contributed by atoms with E-state index in [0.29, 0.717) is 78.6 Å². The Morgan fingerprint density at radius 2 is 1.50 bits per heavy atom. The zero-order chi connectivity index (χ0) is 46.2. The first-order valence-corrected chi connectivity index (χ1v) is 21.8. The summed E-state index contributed by atoms with van der Waals surface area (Å²) in [4.78, 5) is 76.7. The minimum Gasteiger partial charge on any atom is -0.480 e. The highest BCUT2D eigenvalue weighted by Gasteiger charge is 2.42. The molecule has 2 rings (SSSR count). The van der Waals surface area contributed by atoms with E-state index in [1.807, 2.05) is 57.8 Å². The predicted octanol–water partition coefficient (Wildman–Crippen LogP) is 1.73. The quantitative estimate of drug-likeness (QED) is 0.0599. The van der Waals surface area contributed by atoms with Crippen LogP contribution in [0.25, 0.3) is 0 Å². The summed E-state index contributed by atoms with van der Waals surface area (Å²) < 4.78 is 28.3. The van der Waals surface area contributed by atoms with Crippen LogP contribution in [0.1, 0.15) is 65.9 Å². The third-order valence-electron chi connectivity index (χ3n) is 11.7. The number of carboxylic acid groups (broad SMARTS) is 1. The van der Waals surface area contributed by atoms with Gasteiger partial charge in [0.05, 0.1) is 95.5 Å². The summed E-state index contributed by atoms with van der Waals surface area (Å²) in [5.41, 5.74) is 0.776. The molecular formula is C44H76N6O12. The highest BCUT2D eigenvalue weighted by molar-refractivity contribution is 5.88. The van der Waals surface area contributed by atoms with Gasteiger partial charge in [-0.2, -0.15) is 0 Å². The zero-order valence-electron chi connectivity index (χ0n) is 38.5. The maximum absolute atomic E-state index is 14.1. The molecule has 1 heterocycles. The number of hydrogen-bond donors (Lipinski definition) is 4. The lowest BCUT2D eigenvalue weighted by Crippen LogP contribution is -2.55. The Hall–Kier alpha value is -3.75. The van der Waals surface area contributed by atoms with E-state index in [9.17, 15) is 29.1 Å². The van der Waals surface area contributed by atoms with Crippen molar-refractivity contribution in [2.24, 2.45) is 23.7 Å². The molecule has 1 aliphatic rings. The van der Waals surface area contributed by atoms with Gasteiger partial charge in [0.2, 0.25) is 23.6 Å². The lowest BCUT2D eigenvalue weighted by molar-refractivity contribution is -0.147. The molecule has 0 bridgehead atoms. The van der Waals surface area contributed by atoms with Gasteiger partial charge in [-0.25, -0.2) is 10.7 Å². The van der Waals surface area contributed by atoms with Crippen LogP contribution in [0, 0.1) is 17.8 Å². The molecule has 0 radical (unpaired) electrons. The number of likely N-dealkylation sites (tertiary alicyclic amines) is 1. The molecule has 18 heteroatoms. The Bertz CT molecular complexity index is 1470. The topological polar surface area (TPSA) is 221 Å². The maximum atomic E-state index is 14.1. The number of aliphatic carboxylic acids is 1. The second kappa shape index (κ2) is 29.6. The molecule has 1 aliphatic heterocycles. The van der Waals surface area contributed by atoms with Crippen LogP contribution in [0.4, 0.5) is 0 Å². The Morgan fingerprint density at radius 1 is 0.887 bits per heavy atom. The summed E-state index contributed by atoms with van der Waals surface area (Å²) in [7, 11) is 6.52. The minimum absolute atomic E-state index is 0.0327. The van der Waals surface area contributed by atoms with Crippen molar-refractivity contribution >= 4 is 29.6 Å². The lowest BCUT2D eigenvalue weighted by Gasteiger charge is -2.39. The summed E-state index contributed by atoms with van der Waals surface area (Å²) in [6.07, 6.45) is 0.694. The van der Waals surface area contributed by atoms with Crippen molar-refractivity contribution in [2.45, 2.75) is 103 Å². The smallest absolute Gasteiger partial charge is 0.326 e. The highest BCUT2D eigenvalue weighted by Crippen LogP contribution is 2.29. The number of nitrogens with one attached hydrogen (secondary N) is 2. The number of carbonyl (C=O) groups is 5. The minimum atomic E-state index is -1.15. The number of nitrogens with zero attached hydrogens (tertiary/aromatic N) is 3. The first-order chi connectivity index (χ1) is 29.6. The molecular weight excluding hydrogens is 805 g/mol. The van der Waals surface area contributed by atoms with Crippen molar-refractivity contribution in [3.63, 3.8) is 0 Å². The Balaban J connectivity index is 2.02. The van der Waals surface area contributed by atoms with Crippen LogP contribution in [-0.2, 0) is 58.9 Å². The number of methoxy groups -OCH3 is 2. The Labute approximate surface area is 368 Å². The van der Waals surface area contributed by atoms with Gasteiger partial charge in [0.1, 0.15) is 6.04 Å². The van der Waals surface area contributed by atoms with E-state index in [0.717, 1.165) is 5.56 Å². The van der Waals surface area contributed by atoms with E-state index in [4.69, 9.17) is 29.6 Å². The first-order valence-electron chi connectivity index (χ1n) is 21.8. The van der Waals surface area contributed by atoms with Gasteiger partial charge in [-0.1, -0.05) is 71.4 Å². The van der Waals surface area contributed by atoms with Gasteiger partial charge in [-0.15, -0.1) is 0 Å². The number of likely N-dealkylation sites (N-methyl/N-ethyl adjacent to an activating group) is 2. The normalized spacial score (nSPS) is 17.5. The average molecular weight is 881 g/mol. The van der Waals surface area contributed by atoms with Gasteiger partial charge in [-0.3, -0.25) is 24.1 Å². The summed E-state index contributed by atoms with van der Waals surface area (Å²) in [5, 5.41) is 15.4. The van der Waals surface area contributed by atoms with E-state index >= 15 is 0 Å². The molecule has 0 saturated carbocycles. The van der Waals surface area contributed by atoms with Crippen LogP contribution in [0.15, 0.2) is 30.3 Å². The number of carbonyl (C=O) groups excluding carboxylic acids is 4. The molecule has 4 amide bonds. The number of benzene rings is 1. The lowest BCUT2D eigenvalue weighted by atomic mass is 9.90. The molecule has 0 aliphatic carbocycles. The molecule has 1 aromatic rings. The molecule has 1 aromatic carbocycles. The molecule has 1 fully saturated rings. The fourth-order valence-corrected chi connectivity index (χ4v) is 8.08. The number of nitrogens with two attached hydrogens (primary N) is 1. The van der Waals surface area contributed by atoms with E-state index in [2.05, 4.69) is 15.5 Å². The van der Waals surface area contributed by atoms with Gasteiger partial charge in [0.25, 0.3) is 0 Å². The van der Waals surface area contributed by atoms with Crippen molar-refractivity contribution in [1.29, 1.82) is 0 Å². The number of rotatable bonds is 32. The second-order valence-corrected chi connectivity index (χ2v) is 16.3. The number of carboxylic acids is 1. The molecule has 8 atom stereocenters. The van der Waals surface area contributed by atoms with E-state index in [-0.39, 0.29) is 48.9 Å². The van der Waals surface area contributed by atoms with Gasteiger partial charge in [0, 0.05) is 40.8 Å². The molecule has 0 aromatic heterocycles. The van der Waals surface area contributed by atoms with Gasteiger partial charge < -0.3 is 54.1 Å². The van der Waals surface area contributed by atoms with Crippen molar-refractivity contribution in [1.82, 2.24) is 25.3 Å². The maximum Gasteiger partial charge on any atom is 0.326 e. The van der Waals surface area contributed by atoms with Crippen molar-refractivity contribution < 1.29 is 57.6 Å². The molecule has 0 spiro atoms. The zero-order valence-corrected chi connectivity index (χ0v) is 38.5. The number of hydrogen-bond acceptors (Lipinski definition) is 13. The Morgan fingerprint density at radius 3 is 2.05 bits per heavy atom. The Kier molecular flexibility index (Phi) is 25.9. The van der Waals surface area contributed by atoms with Crippen molar-refractivity contribution in [3.8, 4) is 0 Å². The van der Waals surface area contributed by atoms with Crippen LogP contribution in [0.2, 0.25) is 0 Å². The van der Waals surface area contributed by atoms with Gasteiger partial charge >= 0.3 is 5.97 Å². The molecule has 1 saturated heterocycles. The molecule has 354 valence electrons.